The quantitative estimate of drug-likeness (QED) is 0.820. The van der Waals surface area contributed by atoms with Crippen LogP contribution in [0.4, 0.5) is 0 Å². The van der Waals surface area contributed by atoms with Crippen molar-refractivity contribution in [3.05, 3.63) is 34.4 Å². The van der Waals surface area contributed by atoms with Gasteiger partial charge in [-0.3, -0.25) is 4.79 Å². The van der Waals surface area contributed by atoms with E-state index in [1.807, 2.05) is 26.8 Å². The Hall–Kier alpha value is -1.84. The molecule has 4 heteroatoms. The fourth-order valence-corrected chi connectivity index (χ4v) is 5.39. The largest absolute Gasteiger partial charge is 0.478 e. The van der Waals surface area contributed by atoms with Crippen molar-refractivity contribution in [1.82, 2.24) is 0 Å². The highest BCUT2D eigenvalue weighted by molar-refractivity contribution is 5.90. The Morgan fingerprint density at radius 2 is 2.04 bits per heavy atom. The van der Waals surface area contributed by atoms with Gasteiger partial charge in [-0.05, 0) is 73.1 Å². The summed E-state index contributed by atoms with van der Waals surface area (Å²) in [5, 5.41) is 9.71. The summed E-state index contributed by atoms with van der Waals surface area (Å²) in [7, 11) is 0. The summed E-state index contributed by atoms with van der Waals surface area (Å²) in [5.74, 6) is -0.463. The topological polar surface area (TPSA) is 63.6 Å². The van der Waals surface area contributed by atoms with Gasteiger partial charge in [-0.25, -0.2) is 4.79 Å². The third kappa shape index (κ3) is 2.76. The van der Waals surface area contributed by atoms with Gasteiger partial charge < -0.3 is 9.84 Å². The lowest BCUT2D eigenvalue weighted by Crippen LogP contribution is -2.54. The van der Waals surface area contributed by atoms with Crippen LogP contribution in [-0.2, 0) is 21.4 Å². The molecule has 0 aromatic heterocycles. The number of hydrogen-bond donors (Lipinski definition) is 1. The van der Waals surface area contributed by atoms with Gasteiger partial charge >= 0.3 is 5.97 Å². The van der Waals surface area contributed by atoms with E-state index in [9.17, 15) is 14.7 Å². The highest BCUT2D eigenvalue weighted by Crippen LogP contribution is 2.55. The summed E-state index contributed by atoms with van der Waals surface area (Å²) in [6.07, 6.45) is 4.73. The molecule has 3 rings (SSSR count). The van der Waals surface area contributed by atoms with Gasteiger partial charge in [0.2, 0.25) is 0 Å². The van der Waals surface area contributed by atoms with E-state index in [2.05, 4.69) is 13.0 Å². The molecule has 0 aliphatic heterocycles. The van der Waals surface area contributed by atoms with Gasteiger partial charge in [0.1, 0.15) is 5.60 Å². The van der Waals surface area contributed by atoms with Crippen LogP contribution >= 0.6 is 0 Å². The summed E-state index contributed by atoms with van der Waals surface area (Å²) in [6, 6.07) is 4.02. The fourth-order valence-electron chi connectivity index (χ4n) is 5.39. The van der Waals surface area contributed by atoms with E-state index in [0.717, 1.165) is 43.2 Å². The number of fused-ring (bicyclic) bond motifs is 3. The van der Waals surface area contributed by atoms with Gasteiger partial charge in [0, 0.05) is 5.92 Å². The van der Waals surface area contributed by atoms with Gasteiger partial charge in [0.25, 0.3) is 6.47 Å². The van der Waals surface area contributed by atoms with Gasteiger partial charge in [0.05, 0.1) is 5.56 Å². The van der Waals surface area contributed by atoms with E-state index in [0.29, 0.717) is 12.0 Å². The first-order valence-electron chi connectivity index (χ1n) is 9.25. The monoisotopic (exact) mass is 344 g/mol. The molecule has 0 bridgehead atoms. The first-order chi connectivity index (χ1) is 11.7. The number of aromatic carboxylic acids is 1. The summed E-state index contributed by atoms with van der Waals surface area (Å²) in [4.78, 5) is 22.9. The lowest BCUT2D eigenvalue weighted by molar-refractivity contribution is -0.158. The number of carboxylic acids is 1. The molecule has 2 aliphatic carbocycles. The van der Waals surface area contributed by atoms with E-state index in [-0.39, 0.29) is 17.3 Å². The van der Waals surface area contributed by atoms with Gasteiger partial charge in [-0.2, -0.15) is 0 Å². The minimum Gasteiger partial charge on any atom is -0.478 e. The Kier molecular flexibility index (Phi) is 4.42. The second kappa shape index (κ2) is 6.15. The van der Waals surface area contributed by atoms with Crippen molar-refractivity contribution in [1.29, 1.82) is 0 Å². The van der Waals surface area contributed by atoms with E-state index < -0.39 is 11.6 Å². The lowest BCUT2D eigenvalue weighted by Gasteiger charge is -2.54. The number of rotatable bonds is 4. The first-order valence-corrected chi connectivity index (χ1v) is 9.25. The van der Waals surface area contributed by atoms with Crippen LogP contribution in [0, 0.1) is 5.92 Å². The molecule has 0 saturated heterocycles. The molecular formula is C21H28O4. The zero-order valence-corrected chi connectivity index (χ0v) is 15.6. The molecule has 1 aromatic carbocycles. The molecule has 25 heavy (non-hydrogen) atoms. The normalized spacial score (nSPS) is 31.2. The summed E-state index contributed by atoms with van der Waals surface area (Å²) in [5.41, 5.74) is 3.12. The predicted molar refractivity (Wildman–Crippen MR) is 96.1 cm³/mol. The van der Waals surface area contributed by atoms with Gasteiger partial charge in [0.15, 0.2) is 0 Å². The van der Waals surface area contributed by atoms with E-state index in [1.54, 1.807) is 0 Å². The minimum absolute atomic E-state index is 0.150. The first kappa shape index (κ1) is 18.0. The SMILES string of the molecule is CC(C)c1cc2c(cc1C(=O)O)C1(C)CCCC(C)(OC=O)C1CC2. The molecule has 136 valence electrons. The molecule has 1 fully saturated rings. The maximum absolute atomic E-state index is 11.8. The molecule has 1 aromatic rings. The fraction of sp³-hybridized carbons (Fsp3) is 0.619. The molecule has 3 unspecified atom stereocenters. The van der Waals surface area contributed by atoms with Crippen molar-refractivity contribution >= 4 is 12.4 Å². The zero-order chi connectivity index (χ0) is 18.4. The van der Waals surface area contributed by atoms with Crippen LogP contribution < -0.4 is 0 Å². The average Bonchev–Trinajstić information content (AvgIpc) is 2.53. The average molecular weight is 344 g/mol. The third-order valence-electron chi connectivity index (χ3n) is 6.64. The van der Waals surface area contributed by atoms with Crippen molar-refractivity contribution < 1.29 is 19.4 Å². The number of ether oxygens (including phenoxy) is 1. The van der Waals surface area contributed by atoms with Crippen molar-refractivity contribution in [2.24, 2.45) is 5.92 Å². The van der Waals surface area contributed by atoms with Crippen molar-refractivity contribution in [3.8, 4) is 0 Å². The molecule has 4 nitrogen and oxygen atoms in total. The Balaban J connectivity index is 2.15. The van der Waals surface area contributed by atoms with Crippen molar-refractivity contribution in [2.75, 3.05) is 0 Å². The number of carbonyl (C=O) groups excluding carboxylic acids is 1. The Bertz CT molecular complexity index is 708. The summed E-state index contributed by atoms with van der Waals surface area (Å²) in [6.45, 7) is 8.91. The van der Waals surface area contributed by atoms with Crippen molar-refractivity contribution in [3.63, 3.8) is 0 Å². The van der Waals surface area contributed by atoms with Crippen LogP contribution in [0.5, 0.6) is 0 Å². The number of carbonyl (C=O) groups is 2. The smallest absolute Gasteiger partial charge is 0.335 e. The highest BCUT2D eigenvalue weighted by Gasteiger charge is 2.53. The van der Waals surface area contributed by atoms with E-state index in [1.165, 1.54) is 5.56 Å². The molecule has 0 heterocycles. The van der Waals surface area contributed by atoms with Crippen LogP contribution in [0.3, 0.4) is 0 Å². The summed E-state index contributed by atoms with van der Waals surface area (Å²) >= 11 is 0. The van der Waals surface area contributed by atoms with Crippen LogP contribution in [0.15, 0.2) is 12.1 Å². The maximum Gasteiger partial charge on any atom is 0.335 e. The highest BCUT2D eigenvalue weighted by atomic mass is 16.5. The third-order valence-corrected chi connectivity index (χ3v) is 6.64. The molecule has 0 spiro atoms. The second-order valence-electron chi connectivity index (χ2n) is 8.45. The number of hydrogen-bond acceptors (Lipinski definition) is 3. The van der Waals surface area contributed by atoms with Crippen LogP contribution in [0.25, 0.3) is 0 Å². The number of aryl methyl sites for hydroxylation is 1. The molecule has 0 amide bonds. The van der Waals surface area contributed by atoms with E-state index >= 15 is 0 Å². The van der Waals surface area contributed by atoms with Crippen LogP contribution in [0.2, 0.25) is 0 Å². The molecule has 1 saturated carbocycles. The Labute approximate surface area is 149 Å². The summed E-state index contributed by atoms with van der Waals surface area (Å²) < 4.78 is 5.56. The molecule has 0 radical (unpaired) electrons. The maximum atomic E-state index is 11.8. The molecule has 2 aliphatic rings. The van der Waals surface area contributed by atoms with Crippen LogP contribution in [-0.4, -0.2) is 23.1 Å². The lowest BCUT2D eigenvalue weighted by atomic mass is 9.53. The van der Waals surface area contributed by atoms with Gasteiger partial charge in [-0.15, -0.1) is 0 Å². The van der Waals surface area contributed by atoms with Crippen molar-refractivity contribution in [2.45, 2.75) is 76.7 Å². The standard InChI is InChI=1S/C21H28O4/c1-13(2)15-10-14-6-7-18-20(3,17(14)11-16(15)19(23)24)8-5-9-21(18,4)25-12-22/h10-13,18H,5-9H2,1-4H3,(H,23,24). The molecule has 1 N–H and O–H groups in total. The number of benzene rings is 1. The minimum atomic E-state index is -0.861. The molecular weight excluding hydrogens is 316 g/mol. The molecule has 3 atom stereocenters. The number of carboxylic acid groups (broad SMARTS) is 1. The van der Waals surface area contributed by atoms with Gasteiger partial charge in [-0.1, -0.05) is 26.8 Å². The van der Waals surface area contributed by atoms with Crippen LogP contribution in [0.1, 0.15) is 86.3 Å². The Morgan fingerprint density at radius 1 is 1.32 bits per heavy atom. The zero-order valence-electron chi connectivity index (χ0n) is 15.6. The van der Waals surface area contributed by atoms with E-state index in [4.69, 9.17) is 4.74 Å². The predicted octanol–water partition coefficient (Wildman–Crippen LogP) is 4.44. The second-order valence-corrected chi connectivity index (χ2v) is 8.45. The Morgan fingerprint density at radius 3 is 2.64 bits per heavy atom.